The molecule has 2 heterocycles. The number of aromatic nitrogens is 1. The number of amides is 1. The molecule has 0 saturated carbocycles. The van der Waals surface area contributed by atoms with Crippen LogP contribution < -0.4 is 10.2 Å². The summed E-state index contributed by atoms with van der Waals surface area (Å²) in [7, 11) is 1.67. The van der Waals surface area contributed by atoms with Crippen molar-refractivity contribution in [2.24, 2.45) is 0 Å². The molecule has 6 nitrogen and oxygen atoms in total. The van der Waals surface area contributed by atoms with E-state index in [9.17, 15) is 4.79 Å². The summed E-state index contributed by atoms with van der Waals surface area (Å²) in [6.45, 7) is 8.67. The molecule has 0 spiro atoms. The number of pyridine rings is 1. The van der Waals surface area contributed by atoms with Gasteiger partial charge in [0.25, 0.3) is 0 Å². The van der Waals surface area contributed by atoms with Gasteiger partial charge in [0.15, 0.2) is 0 Å². The van der Waals surface area contributed by atoms with Gasteiger partial charge in [0.05, 0.1) is 6.54 Å². The van der Waals surface area contributed by atoms with Crippen molar-refractivity contribution in [1.82, 2.24) is 15.2 Å². The fourth-order valence-corrected chi connectivity index (χ4v) is 2.83. The summed E-state index contributed by atoms with van der Waals surface area (Å²) in [5.74, 6) is 1.12. The number of carbonyl (C=O) groups excluding carboxylic acids is 1. The number of hydrogen-bond acceptors (Lipinski definition) is 5. The standard InChI is InChI=1S/C17H28N4O2/c1-14-6-4-7-16(19-14)21-10-9-20(15(2)12-21)13-17(22)18-8-5-11-23-3/h4,6-7,15H,5,8-13H2,1-3H3,(H,18,22). The summed E-state index contributed by atoms with van der Waals surface area (Å²) < 4.78 is 4.98. The molecule has 1 aromatic heterocycles. The molecular weight excluding hydrogens is 292 g/mol. The Kier molecular flexibility index (Phi) is 6.80. The van der Waals surface area contributed by atoms with Crippen LogP contribution in [0.4, 0.5) is 5.82 Å². The number of anilines is 1. The number of aryl methyl sites for hydroxylation is 1. The first-order valence-electron chi connectivity index (χ1n) is 8.28. The van der Waals surface area contributed by atoms with Crippen LogP contribution in [0.5, 0.6) is 0 Å². The quantitative estimate of drug-likeness (QED) is 0.761. The van der Waals surface area contributed by atoms with Gasteiger partial charge in [-0.3, -0.25) is 9.69 Å². The van der Waals surface area contributed by atoms with Gasteiger partial charge >= 0.3 is 0 Å². The molecule has 1 aromatic rings. The normalized spacial score (nSPS) is 18.9. The molecule has 0 aliphatic carbocycles. The SMILES string of the molecule is COCCCNC(=O)CN1CCN(c2cccc(C)n2)CC1C. The van der Waals surface area contributed by atoms with Crippen molar-refractivity contribution in [2.45, 2.75) is 26.3 Å². The van der Waals surface area contributed by atoms with E-state index < -0.39 is 0 Å². The molecule has 0 aromatic carbocycles. The van der Waals surface area contributed by atoms with Crippen LogP contribution in [-0.4, -0.2) is 68.3 Å². The van der Waals surface area contributed by atoms with E-state index in [2.05, 4.69) is 33.1 Å². The lowest BCUT2D eigenvalue weighted by Crippen LogP contribution is -2.54. The van der Waals surface area contributed by atoms with E-state index in [1.54, 1.807) is 7.11 Å². The minimum absolute atomic E-state index is 0.0927. The number of hydrogen-bond donors (Lipinski definition) is 1. The summed E-state index contributed by atoms with van der Waals surface area (Å²) in [4.78, 5) is 21.1. The Morgan fingerprint density at radius 2 is 2.26 bits per heavy atom. The summed E-state index contributed by atoms with van der Waals surface area (Å²) in [5, 5.41) is 2.95. The van der Waals surface area contributed by atoms with Crippen LogP contribution in [0.1, 0.15) is 19.0 Å². The predicted octanol–water partition coefficient (Wildman–Crippen LogP) is 1.05. The number of nitrogens with one attached hydrogen (secondary N) is 1. The number of nitrogens with zero attached hydrogens (tertiary/aromatic N) is 3. The van der Waals surface area contributed by atoms with Gasteiger partial charge in [0.2, 0.25) is 5.91 Å². The van der Waals surface area contributed by atoms with Crippen LogP contribution in [0, 0.1) is 6.92 Å². The van der Waals surface area contributed by atoms with Crippen LogP contribution in [-0.2, 0) is 9.53 Å². The summed E-state index contributed by atoms with van der Waals surface area (Å²) in [6.07, 6.45) is 0.852. The second kappa shape index (κ2) is 8.84. The molecule has 0 bridgehead atoms. The zero-order valence-corrected chi connectivity index (χ0v) is 14.4. The number of ether oxygens (including phenoxy) is 1. The number of piperazine rings is 1. The lowest BCUT2D eigenvalue weighted by Gasteiger charge is -2.40. The van der Waals surface area contributed by atoms with Gasteiger partial charge in [-0.25, -0.2) is 4.98 Å². The Labute approximate surface area is 138 Å². The van der Waals surface area contributed by atoms with Crippen molar-refractivity contribution in [3.05, 3.63) is 23.9 Å². The molecule has 1 amide bonds. The third kappa shape index (κ3) is 5.48. The van der Waals surface area contributed by atoms with E-state index in [4.69, 9.17) is 4.74 Å². The highest BCUT2D eigenvalue weighted by Gasteiger charge is 2.25. The van der Waals surface area contributed by atoms with Gasteiger partial charge in [-0.05, 0) is 32.4 Å². The molecule has 1 atom stereocenters. The van der Waals surface area contributed by atoms with Gasteiger partial charge in [-0.15, -0.1) is 0 Å². The highest BCUT2D eigenvalue weighted by Crippen LogP contribution is 2.17. The van der Waals surface area contributed by atoms with Gasteiger partial charge in [0, 0.05) is 51.6 Å². The molecule has 1 saturated heterocycles. The fraction of sp³-hybridized carbons (Fsp3) is 0.647. The minimum Gasteiger partial charge on any atom is -0.385 e. The largest absolute Gasteiger partial charge is 0.385 e. The molecule has 1 fully saturated rings. The molecule has 6 heteroatoms. The van der Waals surface area contributed by atoms with Crippen LogP contribution in [0.2, 0.25) is 0 Å². The molecule has 23 heavy (non-hydrogen) atoms. The molecule has 1 N–H and O–H groups in total. The molecular formula is C17H28N4O2. The first-order valence-corrected chi connectivity index (χ1v) is 8.28. The molecule has 1 unspecified atom stereocenters. The topological polar surface area (TPSA) is 57.7 Å². The monoisotopic (exact) mass is 320 g/mol. The zero-order valence-electron chi connectivity index (χ0n) is 14.4. The maximum absolute atomic E-state index is 12.0. The van der Waals surface area contributed by atoms with Crippen molar-refractivity contribution < 1.29 is 9.53 Å². The average molecular weight is 320 g/mol. The summed E-state index contributed by atoms with van der Waals surface area (Å²) >= 11 is 0. The third-order valence-corrected chi connectivity index (χ3v) is 4.16. The van der Waals surface area contributed by atoms with Gasteiger partial charge < -0.3 is 15.0 Å². The zero-order chi connectivity index (χ0) is 16.7. The third-order valence-electron chi connectivity index (χ3n) is 4.16. The van der Waals surface area contributed by atoms with Crippen molar-refractivity contribution in [3.63, 3.8) is 0 Å². The van der Waals surface area contributed by atoms with Gasteiger partial charge in [0.1, 0.15) is 5.82 Å². The molecule has 0 radical (unpaired) electrons. The summed E-state index contributed by atoms with van der Waals surface area (Å²) in [5.41, 5.74) is 1.04. The highest BCUT2D eigenvalue weighted by molar-refractivity contribution is 5.78. The van der Waals surface area contributed by atoms with Crippen LogP contribution >= 0.6 is 0 Å². The number of carbonyl (C=O) groups is 1. The molecule has 128 valence electrons. The average Bonchev–Trinajstić information content (AvgIpc) is 2.53. The smallest absolute Gasteiger partial charge is 0.234 e. The van der Waals surface area contributed by atoms with Crippen molar-refractivity contribution in [2.75, 3.05) is 51.3 Å². The van der Waals surface area contributed by atoms with E-state index in [-0.39, 0.29) is 5.91 Å². The van der Waals surface area contributed by atoms with E-state index in [1.165, 1.54) is 0 Å². The van der Waals surface area contributed by atoms with Crippen LogP contribution in [0.25, 0.3) is 0 Å². The second-order valence-electron chi connectivity index (χ2n) is 6.10. The molecule has 1 aliphatic heterocycles. The summed E-state index contributed by atoms with van der Waals surface area (Å²) in [6, 6.07) is 6.44. The predicted molar refractivity (Wildman–Crippen MR) is 91.7 cm³/mol. The molecule has 1 aliphatic rings. The van der Waals surface area contributed by atoms with Crippen molar-refractivity contribution in [1.29, 1.82) is 0 Å². The Morgan fingerprint density at radius 3 is 2.96 bits per heavy atom. The Hall–Kier alpha value is -1.66. The van der Waals surface area contributed by atoms with E-state index in [0.29, 0.717) is 25.7 Å². The van der Waals surface area contributed by atoms with Gasteiger partial charge in [-0.1, -0.05) is 6.07 Å². The van der Waals surface area contributed by atoms with E-state index >= 15 is 0 Å². The van der Waals surface area contributed by atoms with Crippen molar-refractivity contribution >= 4 is 11.7 Å². The lowest BCUT2D eigenvalue weighted by atomic mass is 10.2. The van der Waals surface area contributed by atoms with Crippen LogP contribution in [0.3, 0.4) is 0 Å². The van der Waals surface area contributed by atoms with Crippen LogP contribution in [0.15, 0.2) is 18.2 Å². The maximum atomic E-state index is 12.0. The first kappa shape index (κ1) is 17.7. The Bertz CT molecular complexity index is 509. The number of methoxy groups -OCH3 is 1. The maximum Gasteiger partial charge on any atom is 0.234 e. The Balaban J connectivity index is 1.78. The Morgan fingerprint density at radius 1 is 1.43 bits per heavy atom. The minimum atomic E-state index is 0.0927. The van der Waals surface area contributed by atoms with Crippen molar-refractivity contribution in [3.8, 4) is 0 Å². The fourth-order valence-electron chi connectivity index (χ4n) is 2.83. The number of rotatable bonds is 7. The molecule has 2 rings (SSSR count). The lowest BCUT2D eigenvalue weighted by molar-refractivity contribution is -0.122. The van der Waals surface area contributed by atoms with E-state index in [0.717, 1.165) is 37.6 Å². The van der Waals surface area contributed by atoms with E-state index in [1.807, 2.05) is 19.1 Å². The second-order valence-corrected chi connectivity index (χ2v) is 6.10. The van der Waals surface area contributed by atoms with Gasteiger partial charge in [-0.2, -0.15) is 0 Å². The highest BCUT2D eigenvalue weighted by atomic mass is 16.5. The first-order chi connectivity index (χ1) is 11.1.